The summed E-state index contributed by atoms with van der Waals surface area (Å²) >= 11 is 0. The van der Waals surface area contributed by atoms with Gasteiger partial charge in [0.1, 0.15) is 6.20 Å². The molecule has 0 fully saturated rings. The van der Waals surface area contributed by atoms with Crippen LogP contribution in [0.2, 0.25) is 0 Å². The van der Waals surface area contributed by atoms with Gasteiger partial charge in [-0.05, 0) is 12.1 Å². The lowest BCUT2D eigenvalue weighted by molar-refractivity contribution is -0.816. The highest BCUT2D eigenvalue weighted by Gasteiger charge is 2.36. The van der Waals surface area contributed by atoms with E-state index >= 15 is 0 Å². The number of amides is 2. The zero-order valence-electron chi connectivity index (χ0n) is 9.29. The third-order valence-electron chi connectivity index (χ3n) is 2.48. The van der Waals surface area contributed by atoms with E-state index in [1.54, 1.807) is 24.4 Å². The Morgan fingerprint density at radius 2 is 2.24 bits per heavy atom. The fourth-order valence-corrected chi connectivity index (χ4v) is 1.57. The Morgan fingerprint density at radius 3 is 2.71 bits per heavy atom. The van der Waals surface area contributed by atoms with Crippen molar-refractivity contribution in [3.63, 3.8) is 0 Å². The highest BCUT2D eigenvalue weighted by atomic mass is 16.3. The van der Waals surface area contributed by atoms with Crippen molar-refractivity contribution < 1.29 is 18.6 Å². The maximum absolute atomic E-state index is 11.4. The molecule has 0 aromatic carbocycles. The first-order chi connectivity index (χ1) is 8.03. The van der Waals surface area contributed by atoms with Gasteiger partial charge in [0.15, 0.2) is 23.8 Å². The van der Waals surface area contributed by atoms with Gasteiger partial charge in [-0.15, -0.1) is 0 Å². The smallest absolute Gasteiger partial charge is 0.445 e. The molecule has 1 unspecified atom stereocenters. The number of ketones is 1. The topological polar surface area (TPSA) is 85.7 Å². The molecule has 88 valence electrons. The molecule has 0 radical (unpaired) electrons. The number of rotatable bonds is 3. The molecule has 1 aliphatic heterocycles. The number of carbonyl (C=O) groups excluding carboxylic acids is 2. The van der Waals surface area contributed by atoms with Gasteiger partial charge in [-0.25, -0.2) is 4.79 Å². The lowest BCUT2D eigenvalue weighted by atomic mass is 10.3. The molecule has 17 heavy (non-hydrogen) atoms. The lowest BCUT2D eigenvalue weighted by Crippen LogP contribution is -2.45. The molecule has 6 nitrogen and oxygen atoms in total. The first-order valence-corrected chi connectivity index (χ1v) is 5.04. The van der Waals surface area contributed by atoms with Crippen molar-refractivity contribution in [3.8, 4) is 0 Å². The Bertz CT molecular complexity index is 516. The van der Waals surface area contributed by atoms with Crippen LogP contribution in [0, 0.1) is 0 Å². The summed E-state index contributed by atoms with van der Waals surface area (Å²) in [6.07, 6.45) is 4.71. The van der Waals surface area contributed by atoms with Gasteiger partial charge in [-0.3, -0.25) is 4.79 Å². The van der Waals surface area contributed by atoms with E-state index < -0.39 is 6.03 Å². The second-order valence-electron chi connectivity index (χ2n) is 3.75. The Hall–Kier alpha value is -2.21. The summed E-state index contributed by atoms with van der Waals surface area (Å²) in [4.78, 5) is 22.5. The summed E-state index contributed by atoms with van der Waals surface area (Å²) < 4.78 is 4.93. The molecule has 1 aromatic rings. The van der Waals surface area contributed by atoms with Crippen LogP contribution in [-0.4, -0.2) is 22.6 Å². The van der Waals surface area contributed by atoms with E-state index in [0.29, 0.717) is 5.76 Å². The maximum atomic E-state index is 11.4. The minimum atomic E-state index is -0.601. The van der Waals surface area contributed by atoms with E-state index in [-0.39, 0.29) is 22.7 Å². The Morgan fingerprint density at radius 1 is 1.47 bits per heavy atom. The molecule has 2 heterocycles. The largest absolute Gasteiger partial charge is 0.452 e. The van der Waals surface area contributed by atoms with E-state index in [9.17, 15) is 9.59 Å². The average molecular weight is 234 g/mol. The summed E-state index contributed by atoms with van der Waals surface area (Å²) in [5.41, 5.74) is 5.31. The highest BCUT2D eigenvalue weighted by molar-refractivity contribution is 5.91. The van der Waals surface area contributed by atoms with E-state index in [0.717, 1.165) is 0 Å². The number of Topliss-reactive ketones (excluding diaryl/α,β-unsaturated/α-hetero) is 1. The third kappa shape index (κ3) is 2.02. The molecular formula is C11H12N3O3+. The molecule has 0 aliphatic carbocycles. The Kier molecular flexibility index (Phi) is 2.64. The van der Waals surface area contributed by atoms with Gasteiger partial charge in [0.05, 0.1) is 6.21 Å². The number of allylic oxidation sites excluding steroid dienone is 1. The summed E-state index contributed by atoms with van der Waals surface area (Å²) in [5, 5.41) is 4.00. The van der Waals surface area contributed by atoms with Crippen molar-refractivity contribution in [2.24, 2.45) is 10.8 Å². The van der Waals surface area contributed by atoms with Gasteiger partial charge in [0.2, 0.25) is 0 Å². The minimum absolute atomic E-state index is 0.162. The Balaban J connectivity index is 2.24. The second-order valence-corrected chi connectivity index (χ2v) is 3.75. The van der Waals surface area contributed by atoms with Crippen LogP contribution in [0.5, 0.6) is 0 Å². The molecule has 0 bridgehead atoms. The van der Waals surface area contributed by atoms with E-state index in [4.69, 9.17) is 10.2 Å². The standard InChI is InChI=1S/C11H11N3O3/c1-8(15)10-4-3-9(17-10)7-14(11(12)16)6-2-5-13-14/h2-6H,7H2,1H3,(H-,12,16)/p+1. The average Bonchev–Trinajstić information content (AvgIpc) is 2.88. The molecule has 1 aromatic heterocycles. The monoisotopic (exact) mass is 234 g/mol. The van der Waals surface area contributed by atoms with Crippen LogP contribution in [0.1, 0.15) is 23.2 Å². The van der Waals surface area contributed by atoms with Gasteiger partial charge >= 0.3 is 6.03 Å². The molecule has 6 heteroatoms. The third-order valence-corrected chi connectivity index (χ3v) is 2.48. The number of hydrogen-bond acceptors (Lipinski definition) is 4. The van der Waals surface area contributed by atoms with Crippen LogP contribution in [0.25, 0.3) is 0 Å². The van der Waals surface area contributed by atoms with Crippen LogP contribution in [0.15, 0.2) is 33.9 Å². The molecule has 0 spiro atoms. The number of furan rings is 1. The molecule has 0 saturated heterocycles. The molecule has 2 N–H and O–H groups in total. The van der Waals surface area contributed by atoms with E-state index in [1.807, 2.05) is 0 Å². The highest BCUT2D eigenvalue weighted by Crippen LogP contribution is 2.21. The predicted molar refractivity (Wildman–Crippen MR) is 59.9 cm³/mol. The fraction of sp³-hybridized carbons (Fsp3) is 0.182. The predicted octanol–water partition coefficient (Wildman–Crippen LogP) is 1.39. The molecular weight excluding hydrogens is 222 g/mol. The van der Waals surface area contributed by atoms with Crippen LogP contribution in [0.4, 0.5) is 4.79 Å². The quantitative estimate of drug-likeness (QED) is 0.633. The van der Waals surface area contributed by atoms with Crippen LogP contribution >= 0.6 is 0 Å². The summed E-state index contributed by atoms with van der Waals surface area (Å²) in [6, 6.07) is 2.61. The van der Waals surface area contributed by atoms with Gasteiger partial charge in [0, 0.05) is 13.0 Å². The number of hydrogen-bond donors (Lipinski definition) is 1. The van der Waals surface area contributed by atoms with E-state index in [1.165, 1.54) is 13.1 Å². The van der Waals surface area contributed by atoms with Crippen molar-refractivity contribution in [1.82, 2.24) is 0 Å². The molecule has 2 amide bonds. The van der Waals surface area contributed by atoms with Crippen molar-refractivity contribution in [2.45, 2.75) is 13.5 Å². The number of primary amides is 1. The minimum Gasteiger partial charge on any atom is -0.452 e. The summed E-state index contributed by atoms with van der Waals surface area (Å²) in [5.74, 6) is 0.579. The SMILES string of the molecule is CC(=O)c1ccc(C[N+]2(C(N)=O)C=CC=N2)o1. The number of nitrogens with two attached hydrogens (primary N) is 1. The number of quaternary nitrogens is 1. The van der Waals surface area contributed by atoms with Crippen LogP contribution in [-0.2, 0) is 6.54 Å². The first kappa shape index (κ1) is 11.3. The number of carbonyl (C=O) groups is 2. The Labute approximate surface area is 97.6 Å². The molecule has 0 saturated carbocycles. The number of urea groups is 1. The molecule has 1 aliphatic rings. The molecule has 2 rings (SSSR count). The second kappa shape index (κ2) is 3.99. The zero-order valence-corrected chi connectivity index (χ0v) is 9.29. The summed E-state index contributed by atoms with van der Waals surface area (Å²) in [7, 11) is 0. The molecule has 1 atom stereocenters. The number of nitrogens with zero attached hydrogens (tertiary/aromatic N) is 2. The first-order valence-electron chi connectivity index (χ1n) is 5.04. The van der Waals surface area contributed by atoms with E-state index in [2.05, 4.69) is 5.10 Å². The van der Waals surface area contributed by atoms with Crippen molar-refractivity contribution in [1.29, 1.82) is 0 Å². The normalized spacial score (nSPS) is 21.9. The van der Waals surface area contributed by atoms with Crippen LogP contribution in [0.3, 0.4) is 0 Å². The van der Waals surface area contributed by atoms with Crippen molar-refractivity contribution in [3.05, 3.63) is 35.9 Å². The maximum Gasteiger partial charge on any atom is 0.445 e. The van der Waals surface area contributed by atoms with Crippen LogP contribution < -0.4 is 5.73 Å². The van der Waals surface area contributed by atoms with Crippen molar-refractivity contribution >= 4 is 18.0 Å². The van der Waals surface area contributed by atoms with Gasteiger partial charge < -0.3 is 10.2 Å². The van der Waals surface area contributed by atoms with Gasteiger partial charge in [0.25, 0.3) is 0 Å². The van der Waals surface area contributed by atoms with Gasteiger partial charge in [-0.1, -0.05) is 9.69 Å². The summed E-state index contributed by atoms with van der Waals surface area (Å²) in [6.45, 7) is 1.57. The fourth-order valence-electron chi connectivity index (χ4n) is 1.57. The lowest BCUT2D eigenvalue weighted by Gasteiger charge is -2.18. The van der Waals surface area contributed by atoms with Gasteiger partial charge in [-0.2, -0.15) is 0 Å². The zero-order chi connectivity index (χ0) is 12.5. The van der Waals surface area contributed by atoms with Crippen molar-refractivity contribution in [2.75, 3.05) is 0 Å².